The first-order valence-electron chi connectivity index (χ1n) is 6.68. The lowest BCUT2D eigenvalue weighted by molar-refractivity contribution is 0.171. The Hall–Kier alpha value is -1.17. The zero-order valence-electron chi connectivity index (χ0n) is 11.5. The Balaban J connectivity index is 1.83. The van der Waals surface area contributed by atoms with Crippen LogP contribution in [0.15, 0.2) is 50.7 Å². The number of halogens is 1. The molecule has 0 bridgehead atoms. The summed E-state index contributed by atoms with van der Waals surface area (Å²) in [4.78, 5) is 2.18. The maximum atomic E-state index is 9.60. The molecule has 1 atom stereocenters. The van der Waals surface area contributed by atoms with Crippen LogP contribution in [0, 0.1) is 0 Å². The van der Waals surface area contributed by atoms with Gasteiger partial charge in [-0.1, -0.05) is 17.8 Å². The molecule has 3 rings (SSSR count). The smallest absolute Gasteiger partial charge is 0.162 e. The third kappa shape index (κ3) is 3.36. The Morgan fingerprint density at radius 2 is 1.86 bits per heavy atom. The van der Waals surface area contributed by atoms with E-state index in [1.165, 1.54) is 0 Å². The molecule has 1 heterocycles. The molecule has 2 aromatic carbocycles. The van der Waals surface area contributed by atoms with Gasteiger partial charge in [0.15, 0.2) is 11.5 Å². The van der Waals surface area contributed by atoms with Crippen molar-refractivity contribution in [1.82, 2.24) is 0 Å². The van der Waals surface area contributed by atoms with Crippen LogP contribution in [-0.2, 0) is 0 Å². The quantitative estimate of drug-likeness (QED) is 0.872. The minimum absolute atomic E-state index is 0.463. The van der Waals surface area contributed by atoms with Gasteiger partial charge >= 0.3 is 0 Å². The Labute approximate surface area is 136 Å². The van der Waals surface area contributed by atoms with E-state index in [0.29, 0.717) is 13.2 Å². The van der Waals surface area contributed by atoms with Gasteiger partial charge in [0.2, 0.25) is 0 Å². The summed E-state index contributed by atoms with van der Waals surface area (Å²) in [7, 11) is 0. The summed E-state index contributed by atoms with van der Waals surface area (Å²) >= 11 is 5.20. The van der Waals surface area contributed by atoms with E-state index in [0.717, 1.165) is 31.3 Å². The molecule has 0 radical (unpaired) electrons. The van der Waals surface area contributed by atoms with Crippen molar-refractivity contribution < 1.29 is 14.6 Å². The van der Waals surface area contributed by atoms with Crippen molar-refractivity contribution in [3.05, 3.63) is 46.4 Å². The molecular weight excluding hydrogens is 352 g/mol. The van der Waals surface area contributed by atoms with E-state index in [2.05, 4.69) is 15.9 Å². The molecule has 0 aromatic heterocycles. The molecule has 1 aliphatic rings. The molecule has 2 aromatic rings. The Morgan fingerprint density at radius 1 is 1.10 bits per heavy atom. The highest BCUT2D eigenvalue weighted by Gasteiger charge is 2.13. The molecule has 0 fully saturated rings. The van der Waals surface area contributed by atoms with E-state index in [1.807, 2.05) is 36.4 Å². The predicted octanol–water partition coefficient (Wildman–Crippen LogP) is 4.42. The first-order valence-corrected chi connectivity index (χ1v) is 8.29. The molecule has 3 nitrogen and oxygen atoms in total. The number of benzene rings is 2. The van der Waals surface area contributed by atoms with E-state index < -0.39 is 6.10 Å². The van der Waals surface area contributed by atoms with Crippen LogP contribution in [0.2, 0.25) is 0 Å². The summed E-state index contributed by atoms with van der Waals surface area (Å²) in [6, 6.07) is 11.9. The average molecular weight is 367 g/mol. The van der Waals surface area contributed by atoms with Crippen molar-refractivity contribution in [2.45, 2.75) is 22.8 Å². The third-order valence-electron chi connectivity index (χ3n) is 3.18. The number of ether oxygens (including phenoxy) is 2. The monoisotopic (exact) mass is 366 g/mol. The minimum Gasteiger partial charge on any atom is -0.486 e. The fourth-order valence-electron chi connectivity index (χ4n) is 2.07. The highest BCUT2D eigenvalue weighted by atomic mass is 79.9. The second kappa shape index (κ2) is 6.30. The van der Waals surface area contributed by atoms with Crippen molar-refractivity contribution >= 4 is 27.7 Å². The van der Waals surface area contributed by atoms with Crippen LogP contribution in [-0.4, -0.2) is 18.3 Å². The van der Waals surface area contributed by atoms with Gasteiger partial charge in [-0.05, 0) is 58.7 Å². The molecule has 21 heavy (non-hydrogen) atoms. The number of rotatable bonds is 3. The number of aliphatic hydroxyl groups is 1. The number of fused-ring (bicyclic) bond motifs is 1. The Morgan fingerprint density at radius 3 is 2.57 bits per heavy atom. The highest BCUT2D eigenvalue weighted by molar-refractivity contribution is 9.10. The summed E-state index contributed by atoms with van der Waals surface area (Å²) in [5.41, 5.74) is 0.897. The van der Waals surface area contributed by atoms with Crippen LogP contribution >= 0.6 is 27.7 Å². The van der Waals surface area contributed by atoms with Gasteiger partial charge in [-0.15, -0.1) is 0 Å². The Bertz CT molecular complexity index is 658. The predicted molar refractivity (Wildman–Crippen MR) is 86.3 cm³/mol. The number of aliphatic hydroxyl groups excluding tert-OH is 1. The molecule has 0 unspecified atom stereocenters. The van der Waals surface area contributed by atoms with Crippen molar-refractivity contribution in [2.24, 2.45) is 0 Å². The van der Waals surface area contributed by atoms with Gasteiger partial charge in [0, 0.05) is 14.3 Å². The van der Waals surface area contributed by atoms with Gasteiger partial charge in [-0.25, -0.2) is 0 Å². The van der Waals surface area contributed by atoms with Crippen LogP contribution in [0.3, 0.4) is 0 Å². The SMILES string of the molecule is C[C@H](O)c1ccc(Sc2ccc3c(c2)OCCO3)c(Br)c1. The van der Waals surface area contributed by atoms with E-state index in [-0.39, 0.29) is 0 Å². The maximum absolute atomic E-state index is 9.60. The van der Waals surface area contributed by atoms with Crippen LogP contribution in [0.5, 0.6) is 11.5 Å². The molecule has 1 N–H and O–H groups in total. The van der Waals surface area contributed by atoms with Gasteiger partial charge in [-0.2, -0.15) is 0 Å². The standard InChI is InChI=1S/C16H15BrO3S/c1-10(18)11-2-5-16(13(17)8-11)21-12-3-4-14-15(9-12)20-7-6-19-14/h2-5,8-10,18H,6-7H2,1H3/t10-/m0/s1. The van der Waals surface area contributed by atoms with Crippen LogP contribution in [0.4, 0.5) is 0 Å². The summed E-state index contributed by atoms with van der Waals surface area (Å²) in [5, 5.41) is 9.60. The fourth-order valence-corrected chi connectivity index (χ4v) is 3.56. The molecule has 110 valence electrons. The molecule has 0 amide bonds. The topological polar surface area (TPSA) is 38.7 Å². The first kappa shape index (κ1) is 14.8. The lowest BCUT2D eigenvalue weighted by Crippen LogP contribution is -2.15. The molecule has 5 heteroatoms. The fraction of sp³-hybridized carbons (Fsp3) is 0.250. The molecule has 0 saturated carbocycles. The number of hydrogen-bond donors (Lipinski definition) is 1. The molecule has 0 saturated heterocycles. The van der Waals surface area contributed by atoms with Crippen molar-refractivity contribution in [1.29, 1.82) is 0 Å². The van der Waals surface area contributed by atoms with Crippen molar-refractivity contribution in [2.75, 3.05) is 13.2 Å². The van der Waals surface area contributed by atoms with Gasteiger partial charge in [0.05, 0.1) is 6.10 Å². The Kier molecular flexibility index (Phi) is 4.42. The second-order valence-electron chi connectivity index (χ2n) is 4.77. The maximum Gasteiger partial charge on any atom is 0.162 e. The first-order chi connectivity index (χ1) is 10.1. The summed E-state index contributed by atoms with van der Waals surface area (Å²) in [6.45, 7) is 2.95. The van der Waals surface area contributed by atoms with Gasteiger partial charge in [-0.3, -0.25) is 0 Å². The average Bonchev–Trinajstić information content (AvgIpc) is 2.49. The van der Waals surface area contributed by atoms with Crippen LogP contribution in [0.1, 0.15) is 18.6 Å². The van der Waals surface area contributed by atoms with Gasteiger partial charge in [0.25, 0.3) is 0 Å². The zero-order chi connectivity index (χ0) is 14.8. The van der Waals surface area contributed by atoms with Crippen molar-refractivity contribution in [3.8, 4) is 11.5 Å². The third-order valence-corrected chi connectivity index (χ3v) is 5.16. The van der Waals surface area contributed by atoms with Crippen LogP contribution < -0.4 is 9.47 Å². The molecular formula is C16H15BrO3S. The molecule has 0 spiro atoms. The van der Waals surface area contributed by atoms with E-state index in [1.54, 1.807) is 18.7 Å². The highest BCUT2D eigenvalue weighted by Crippen LogP contribution is 2.39. The summed E-state index contributed by atoms with van der Waals surface area (Å²) in [5.74, 6) is 1.59. The zero-order valence-corrected chi connectivity index (χ0v) is 13.9. The second-order valence-corrected chi connectivity index (χ2v) is 6.74. The van der Waals surface area contributed by atoms with Gasteiger partial charge in [0.1, 0.15) is 13.2 Å². The largest absolute Gasteiger partial charge is 0.486 e. The summed E-state index contributed by atoms with van der Waals surface area (Å²) < 4.78 is 12.1. The molecule has 0 aliphatic carbocycles. The molecule has 1 aliphatic heterocycles. The van der Waals surface area contributed by atoms with Crippen LogP contribution in [0.25, 0.3) is 0 Å². The normalized spacial score (nSPS) is 14.8. The van der Waals surface area contributed by atoms with E-state index in [4.69, 9.17) is 9.47 Å². The van der Waals surface area contributed by atoms with Gasteiger partial charge < -0.3 is 14.6 Å². The lowest BCUT2D eigenvalue weighted by atomic mass is 10.1. The van der Waals surface area contributed by atoms with E-state index in [9.17, 15) is 5.11 Å². The summed E-state index contributed by atoms with van der Waals surface area (Å²) in [6.07, 6.45) is -0.463. The lowest BCUT2D eigenvalue weighted by Gasteiger charge is -2.18. The van der Waals surface area contributed by atoms with E-state index >= 15 is 0 Å². The van der Waals surface area contributed by atoms with Crippen molar-refractivity contribution in [3.63, 3.8) is 0 Å². The number of hydrogen-bond acceptors (Lipinski definition) is 4. The minimum atomic E-state index is -0.463.